The van der Waals surface area contributed by atoms with Crippen molar-refractivity contribution in [1.82, 2.24) is 20.1 Å². The molecule has 1 saturated heterocycles. The average molecular weight is 490 g/mol. The summed E-state index contributed by atoms with van der Waals surface area (Å²) in [4.78, 5) is 21.0. The number of rotatable bonds is 7. The Morgan fingerprint density at radius 2 is 1.78 bits per heavy atom. The van der Waals surface area contributed by atoms with E-state index in [0.717, 1.165) is 74.6 Å². The largest absolute Gasteiger partial charge is 0.383 e. The molecule has 3 heterocycles. The van der Waals surface area contributed by atoms with Crippen LogP contribution in [0.3, 0.4) is 0 Å². The van der Waals surface area contributed by atoms with Gasteiger partial charge in [0.15, 0.2) is 0 Å². The highest BCUT2D eigenvalue weighted by atomic mass is 19.1. The number of piperazine rings is 1. The number of nitrogens with one attached hydrogen (secondary N) is 1. The molecule has 36 heavy (non-hydrogen) atoms. The summed E-state index contributed by atoms with van der Waals surface area (Å²) in [6.45, 7) is 7.16. The molecule has 3 N–H and O–H groups in total. The number of carbonyl (C=O) groups excluding carboxylic acids is 1. The first-order valence-electron chi connectivity index (χ1n) is 12.4. The molecular weight excluding hydrogens is 457 g/mol. The van der Waals surface area contributed by atoms with Crippen LogP contribution in [0, 0.1) is 5.95 Å². The molecular formula is C28H32FN5O2. The van der Waals surface area contributed by atoms with E-state index in [1.54, 1.807) is 19.2 Å². The number of ether oxygens (including phenoxy) is 1. The van der Waals surface area contributed by atoms with Crippen molar-refractivity contribution < 1.29 is 13.9 Å². The van der Waals surface area contributed by atoms with Crippen LogP contribution in [0.5, 0.6) is 0 Å². The summed E-state index contributed by atoms with van der Waals surface area (Å²) >= 11 is 0. The Labute approximate surface area is 211 Å². The van der Waals surface area contributed by atoms with Gasteiger partial charge in [0.25, 0.3) is 5.91 Å². The number of halogens is 1. The van der Waals surface area contributed by atoms with Crippen molar-refractivity contribution in [3.63, 3.8) is 0 Å². The molecule has 0 spiro atoms. The Morgan fingerprint density at radius 3 is 2.58 bits per heavy atom. The summed E-state index contributed by atoms with van der Waals surface area (Å²) in [5, 5.41) is 2.86. The predicted octanol–water partition coefficient (Wildman–Crippen LogP) is 3.19. The zero-order valence-electron chi connectivity index (χ0n) is 20.6. The van der Waals surface area contributed by atoms with Crippen LogP contribution in [0.1, 0.15) is 21.5 Å². The number of hydrogen-bond donors (Lipinski definition) is 2. The molecule has 0 radical (unpaired) electrons. The lowest BCUT2D eigenvalue weighted by molar-refractivity contribution is 0.0938. The molecule has 2 aliphatic rings. The lowest BCUT2D eigenvalue weighted by Crippen LogP contribution is -2.46. The quantitative estimate of drug-likeness (QED) is 0.496. The van der Waals surface area contributed by atoms with E-state index >= 15 is 4.39 Å². The van der Waals surface area contributed by atoms with E-state index < -0.39 is 5.95 Å². The van der Waals surface area contributed by atoms with Crippen molar-refractivity contribution >= 4 is 11.7 Å². The molecule has 0 aliphatic carbocycles. The summed E-state index contributed by atoms with van der Waals surface area (Å²) < 4.78 is 20.2. The highest BCUT2D eigenvalue weighted by Crippen LogP contribution is 2.33. The highest BCUT2D eigenvalue weighted by Gasteiger charge is 2.20. The summed E-state index contributed by atoms with van der Waals surface area (Å²) in [5.41, 5.74) is 11.6. The zero-order valence-corrected chi connectivity index (χ0v) is 20.6. The van der Waals surface area contributed by atoms with Gasteiger partial charge in [0.2, 0.25) is 5.95 Å². The Morgan fingerprint density at radius 1 is 1.00 bits per heavy atom. The first kappa shape index (κ1) is 24.4. The Hall–Kier alpha value is -3.33. The maximum absolute atomic E-state index is 15.0. The normalized spacial score (nSPS) is 16.6. The highest BCUT2D eigenvalue weighted by molar-refractivity contribution is 5.97. The second-order valence-corrected chi connectivity index (χ2v) is 9.45. The van der Waals surface area contributed by atoms with Crippen molar-refractivity contribution in [2.45, 2.75) is 13.0 Å². The summed E-state index contributed by atoms with van der Waals surface area (Å²) in [7, 11) is 1.73. The molecule has 0 saturated carbocycles. The van der Waals surface area contributed by atoms with Gasteiger partial charge in [0.1, 0.15) is 5.82 Å². The molecule has 1 aromatic heterocycles. The number of fused-ring (bicyclic) bond motifs is 1. The standard InChI is InChI=1S/C28H32FN5O2/c1-36-14-13-33-9-11-34(12-10-33)18-19-3-2-4-20(15-19)24-17-25(27(30)32-26(24)29)21-5-6-23-22(16-21)7-8-31-28(23)35/h2-6,15-17H,7-14,18H2,1H3,(H2,30,32)(H,31,35). The van der Waals surface area contributed by atoms with Crippen molar-refractivity contribution in [2.75, 3.05) is 58.7 Å². The van der Waals surface area contributed by atoms with Gasteiger partial charge in [-0.05, 0) is 46.9 Å². The monoisotopic (exact) mass is 489 g/mol. The minimum absolute atomic E-state index is 0.0677. The third kappa shape index (κ3) is 5.26. The third-order valence-electron chi connectivity index (χ3n) is 7.07. The maximum Gasteiger partial charge on any atom is 0.251 e. The van der Waals surface area contributed by atoms with Crippen molar-refractivity contribution in [3.05, 3.63) is 71.2 Å². The number of pyridine rings is 1. The smallest absolute Gasteiger partial charge is 0.251 e. The number of hydrogen-bond acceptors (Lipinski definition) is 6. The van der Waals surface area contributed by atoms with Gasteiger partial charge in [-0.25, -0.2) is 4.98 Å². The van der Waals surface area contributed by atoms with Gasteiger partial charge in [-0.1, -0.05) is 30.3 Å². The van der Waals surface area contributed by atoms with Gasteiger partial charge < -0.3 is 15.8 Å². The predicted molar refractivity (Wildman–Crippen MR) is 139 cm³/mol. The van der Waals surface area contributed by atoms with E-state index in [-0.39, 0.29) is 11.7 Å². The molecule has 0 bridgehead atoms. The molecule has 2 aliphatic heterocycles. The number of nitrogen functional groups attached to an aromatic ring is 1. The number of methoxy groups -OCH3 is 1. The van der Waals surface area contributed by atoms with Crippen LogP contribution in [0.15, 0.2) is 48.5 Å². The van der Waals surface area contributed by atoms with Crippen LogP contribution in [0.2, 0.25) is 0 Å². The number of nitrogens with zero attached hydrogens (tertiary/aromatic N) is 3. The summed E-state index contributed by atoms with van der Waals surface area (Å²) in [5.74, 6) is -0.515. The van der Waals surface area contributed by atoms with E-state index in [0.29, 0.717) is 23.2 Å². The van der Waals surface area contributed by atoms with E-state index in [1.807, 2.05) is 30.3 Å². The molecule has 3 aromatic rings. The zero-order chi connectivity index (χ0) is 25.1. The van der Waals surface area contributed by atoms with E-state index in [9.17, 15) is 4.79 Å². The number of anilines is 1. The van der Waals surface area contributed by atoms with Crippen LogP contribution < -0.4 is 11.1 Å². The van der Waals surface area contributed by atoms with Gasteiger partial charge in [-0.2, -0.15) is 4.39 Å². The number of amides is 1. The van der Waals surface area contributed by atoms with Gasteiger partial charge in [0.05, 0.1) is 6.61 Å². The van der Waals surface area contributed by atoms with Crippen LogP contribution in [-0.2, 0) is 17.7 Å². The molecule has 188 valence electrons. The van der Waals surface area contributed by atoms with E-state index in [4.69, 9.17) is 10.5 Å². The minimum atomic E-state index is -0.586. The number of carbonyl (C=O) groups is 1. The van der Waals surface area contributed by atoms with Crippen LogP contribution in [0.25, 0.3) is 22.3 Å². The van der Waals surface area contributed by atoms with Gasteiger partial charge in [-0.15, -0.1) is 0 Å². The number of benzene rings is 2. The van der Waals surface area contributed by atoms with E-state index in [1.165, 1.54) is 0 Å². The number of nitrogens with two attached hydrogens (primary N) is 1. The Bertz CT molecular complexity index is 1260. The molecule has 0 atom stereocenters. The van der Waals surface area contributed by atoms with Gasteiger partial charge in [-0.3, -0.25) is 14.6 Å². The van der Waals surface area contributed by atoms with E-state index in [2.05, 4.69) is 26.2 Å². The SMILES string of the molecule is COCCN1CCN(Cc2cccc(-c3cc(-c4ccc5c(c4)CCNC5=O)c(N)nc3F)c2)CC1. The Balaban J connectivity index is 1.37. The van der Waals surface area contributed by atoms with Crippen molar-refractivity contribution in [1.29, 1.82) is 0 Å². The molecule has 1 fully saturated rings. The lowest BCUT2D eigenvalue weighted by Gasteiger charge is -2.34. The first-order valence-corrected chi connectivity index (χ1v) is 12.4. The fourth-order valence-corrected chi connectivity index (χ4v) is 5.02. The molecule has 0 unspecified atom stereocenters. The van der Waals surface area contributed by atoms with Crippen LogP contribution in [-0.4, -0.2) is 73.7 Å². The third-order valence-corrected chi connectivity index (χ3v) is 7.07. The van der Waals surface area contributed by atoms with Crippen molar-refractivity contribution in [2.24, 2.45) is 0 Å². The molecule has 2 aromatic carbocycles. The number of aromatic nitrogens is 1. The molecule has 7 nitrogen and oxygen atoms in total. The Kier molecular flexibility index (Phi) is 7.27. The maximum atomic E-state index is 15.0. The molecule has 8 heteroatoms. The molecule has 1 amide bonds. The average Bonchev–Trinajstić information content (AvgIpc) is 2.88. The second-order valence-electron chi connectivity index (χ2n) is 9.45. The molecule has 5 rings (SSSR count). The summed E-state index contributed by atoms with van der Waals surface area (Å²) in [6.07, 6.45) is 0.749. The van der Waals surface area contributed by atoms with Gasteiger partial charge >= 0.3 is 0 Å². The topological polar surface area (TPSA) is 83.7 Å². The van der Waals surface area contributed by atoms with Gasteiger partial charge in [0, 0.05) is 69.6 Å². The summed E-state index contributed by atoms with van der Waals surface area (Å²) in [6, 6.07) is 15.4. The first-order chi connectivity index (χ1) is 17.5. The second kappa shape index (κ2) is 10.7. The fourth-order valence-electron chi connectivity index (χ4n) is 5.02. The minimum Gasteiger partial charge on any atom is -0.383 e. The van der Waals surface area contributed by atoms with Crippen molar-refractivity contribution in [3.8, 4) is 22.3 Å². The van der Waals surface area contributed by atoms with Crippen LogP contribution in [0.4, 0.5) is 10.2 Å². The fraction of sp³-hybridized carbons (Fsp3) is 0.357. The lowest BCUT2D eigenvalue weighted by atomic mass is 9.94. The van der Waals surface area contributed by atoms with Crippen LogP contribution >= 0.6 is 0 Å².